The number of amides is 2. The molecule has 0 N–H and O–H groups in total. The summed E-state index contributed by atoms with van der Waals surface area (Å²) in [5.74, 6) is -0.0403. The number of aromatic nitrogens is 1. The predicted molar refractivity (Wildman–Crippen MR) is 176 cm³/mol. The number of carbonyl (C=O) groups excluding carboxylic acids is 2. The average molecular weight is 618 g/mol. The number of ether oxygens (including phenoxy) is 1. The summed E-state index contributed by atoms with van der Waals surface area (Å²) in [5.41, 5.74) is 2.69. The van der Waals surface area contributed by atoms with Crippen LogP contribution >= 0.6 is 22.9 Å². The molecule has 43 heavy (non-hydrogen) atoms. The lowest BCUT2D eigenvalue weighted by atomic mass is 9.88. The Hall–Kier alpha value is -3.42. The Morgan fingerprint density at radius 3 is 2.26 bits per heavy atom. The quantitative estimate of drug-likeness (QED) is 0.198. The molecule has 2 aromatic heterocycles. The molecule has 1 fully saturated rings. The van der Waals surface area contributed by atoms with Gasteiger partial charge in [0.25, 0.3) is 5.91 Å². The standard InChI is InChI=1S/C35H40ClN3O3S/c1-5-21-38(34(41)42-35(2,3)4)27-13-15-28(16-14-27)39(33(40)32-31(36)29-11-6-7-12-30(29)43-32)23-24-9-8-10-26(22-24)25-17-19-37-20-18-25/h6-12,17-20,22,27-28H,5,13-16,21,23H2,1-4H3/t27-,28-. The van der Waals surface area contributed by atoms with Crippen molar-refractivity contribution in [1.29, 1.82) is 0 Å². The van der Waals surface area contributed by atoms with Gasteiger partial charge in [0, 0.05) is 47.7 Å². The monoisotopic (exact) mass is 617 g/mol. The Morgan fingerprint density at radius 2 is 1.60 bits per heavy atom. The molecule has 1 aliphatic carbocycles. The van der Waals surface area contributed by atoms with Gasteiger partial charge >= 0.3 is 6.09 Å². The van der Waals surface area contributed by atoms with Crippen molar-refractivity contribution in [2.45, 2.75) is 84.0 Å². The van der Waals surface area contributed by atoms with Crippen molar-refractivity contribution in [1.82, 2.24) is 14.8 Å². The first-order valence-corrected chi connectivity index (χ1v) is 16.3. The maximum atomic E-state index is 14.3. The molecule has 1 saturated carbocycles. The normalized spacial score (nSPS) is 17.0. The predicted octanol–water partition coefficient (Wildman–Crippen LogP) is 9.22. The highest BCUT2D eigenvalue weighted by molar-refractivity contribution is 7.21. The lowest BCUT2D eigenvalue weighted by Crippen LogP contribution is -2.49. The Kier molecular flexibility index (Phi) is 9.72. The van der Waals surface area contributed by atoms with Crippen LogP contribution in [0.3, 0.4) is 0 Å². The topological polar surface area (TPSA) is 62.7 Å². The SMILES string of the molecule is CCCN(C(=O)OC(C)(C)C)[C@H]1CC[C@H](N(Cc2cccc(-c3ccncc3)c2)C(=O)c2sc3ccccc3c2Cl)CC1. The van der Waals surface area contributed by atoms with Crippen LogP contribution in [0.1, 0.15) is 75.0 Å². The van der Waals surface area contributed by atoms with Gasteiger partial charge in [-0.25, -0.2) is 4.79 Å². The Bertz CT molecular complexity index is 1560. The molecular weight excluding hydrogens is 578 g/mol. The first kappa shape index (κ1) is 31.0. The third-order valence-corrected chi connectivity index (χ3v) is 9.59. The van der Waals surface area contributed by atoms with E-state index < -0.39 is 5.60 Å². The summed E-state index contributed by atoms with van der Waals surface area (Å²) in [7, 11) is 0. The Morgan fingerprint density at radius 1 is 0.930 bits per heavy atom. The van der Waals surface area contributed by atoms with E-state index >= 15 is 0 Å². The van der Waals surface area contributed by atoms with Gasteiger partial charge in [-0.2, -0.15) is 0 Å². The molecular formula is C35H40ClN3O3S. The maximum absolute atomic E-state index is 14.3. The molecule has 2 heterocycles. The third kappa shape index (κ3) is 7.39. The lowest BCUT2D eigenvalue weighted by Gasteiger charge is -2.41. The van der Waals surface area contributed by atoms with Crippen molar-refractivity contribution in [2.75, 3.05) is 6.54 Å². The molecule has 5 rings (SSSR count). The van der Waals surface area contributed by atoms with Crippen LogP contribution in [0.4, 0.5) is 4.79 Å². The van der Waals surface area contributed by atoms with E-state index in [0.29, 0.717) is 23.0 Å². The van der Waals surface area contributed by atoms with Gasteiger partial charge < -0.3 is 14.5 Å². The highest BCUT2D eigenvalue weighted by Gasteiger charge is 2.35. The molecule has 0 unspecified atom stereocenters. The van der Waals surface area contributed by atoms with Crippen molar-refractivity contribution in [2.24, 2.45) is 0 Å². The minimum Gasteiger partial charge on any atom is -0.444 e. The van der Waals surface area contributed by atoms with Gasteiger partial charge in [0.1, 0.15) is 10.5 Å². The van der Waals surface area contributed by atoms with Gasteiger partial charge in [0.05, 0.1) is 5.02 Å². The van der Waals surface area contributed by atoms with Crippen LogP contribution in [-0.4, -0.2) is 51.0 Å². The zero-order chi connectivity index (χ0) is 30.6. The third-order valence-electron chi connectivity index (χ3n) is 7.92. The second-order valence-electron chi connectivity index (χ2n) is 12.2. The molecule has 226 valence electrons. The lowest BCUT2D eigenvalue weighted by molar-refractivity contribution is 0.00763. The minimum atomic E-state index is -0.544. The van der Waals surface area contributed by atoms with Gasteiger partial charge in [-0.15, -0.1) is 11.3 Å². The van der Waals surface area contributed by atoms with Crippen molar-refractivity contribution in [3.8, 4) is 11.1 Å². The summed E-state index contributed by atoms with van der Waals surface area (Å²) in [6.45, 7) is 8.92. The number of benzene rings is 2. The van der Waals surface area contributed by atoms with Crippen molar-refractivity contribution in [3.63, 3.8) is 0 Å². The molecule has 8 heteroatoms. The largest absolute Gasteiger partial charge is 0.444 e. The number of nitrogens with zero attached hydrogens (tertiary/aromatic N) is 3. The average Bonchev–Trinajstić information content (AvgIpc) is 3.34. The van der Waals surface area contributed by atoms with Crippen LogP contribution < -0.4 is 0 Å². The Balaban J connectivity index is 1.41. The smallest absolute Gasteiger partial charge is 0.410 e. The summed E-state index contributed by atoms with van der Waals surface area (Å²) in [4.78, 5) is 36.1. The number of fused-ring (bicyclic) bond motifs is 1. The molecule has 0 bridgehead atoms. The molecule has 0 radical (unpaired) electrons. The number of hydrogen-bond acceptors (Lipinski definition) is 5. The van der Waals surface area contributed by atoms with Crippen molar-refractivity contribution < 1.29 is 14.3 Å². The molecule has 2 aromatic carbocycles. The fourth-order valence-electron chi connectivity index (χ4n) is 5.91. The van der Waals surface area contributed by atoms with E-state index in [1.165, 1.54) is 11.3 Å². The molecule has 6 nitrogen and oxygen atoms in total. The van der Waals surface area contributed by atoms with Crippen LogP contribution in [0.5, 0.6) is 0 Å². The zero-order valence-corrected chi connectivity index (χ0v) is 27.0. The second-order valence-corrected chi connectivity index (χ2v) is 13.7. The van der Waals surface area contributed by atoms with E-state index in [9.17, 15) is 9.59 Å². The summed E-state index contributed by atoms with van der Waals surface area (Å²) in [6, 6.07) is 20.4. The number of thiophene rings is 1. The van der Waals surface area contributed by atoms with Crippen molar-refractivity contribution >= 4 is 45.0 Å². The van der Waals surface area contributed by atoms with Crippen LogP contribution in [0.15, 0.2) is 73.1 Å². The number of hydrogen-bond donors (Lipinski definition) is 0. The fourth-order valence-corrected chi connectivity index (χ4v) is 7.37. The Labute approximate surface area is 263 Å². The summed E-state index contributed by atoms with van der Waals surface area (Å²) in [5, 5.41) is 1.43. The first-order chi connectivity index (χ1) is 20.6. The number of halogens is 1. The maximum Gasteiger partial charge on any atom is 0.410 e. The van der Waals surface area contributed by atoms with Gasteiger partial charge in [-0.3, -0.25) is 9.78 Å². The molecule has 0 saturated heterocycles. The van der Waals surface area contributed by atoms with Crippen LogP contribution in [0.25, 0.3) is 21.2 Å². The number of carbonyl (C=O) groups is 2. The van der Waals surface area contributed by atoms with Gasteiger partial charge in [0.2, 0.25) is 0 Å². The van der Waals surface area contributed by atoms with Gasteiger partial charge in [-0.1, -0.05) is 54.9 Å². The van der Waals surface area contributed by atoms with Crippen LogP contribution in [0, 0.1) is 0 Å². The zero-order valence-electron chi connectivity index (χ0n) is 25.4. The molecule has 4 aromatic rings. The minimum absolute atomic E-state index is 0.0247. The van der Waals surface area contributed by atoms with Gasteiger partial charge in [-0.05, 0) is 93.8 Å². The highest BCUT2D eigenvalue weighted by atomic mass is 35.5. The van der Waals surface area contributed by atoms with Crippen LogP contribution in [-0.2, 0) is 11.3 Å². The second kappa shape index (κ2) is 13.5. The molecule has 1 aliphatic rings. The molecule has 2 amide bonds. The summed E-state index contributed by atoms with van der Waals surface area (Å²) >= 11 is 8.29. The van der Waals surface area contributed by atoms with Gasteiger partial charge in [0.15, 0.2) is 0 Å². The molecule has 0 spiro atoms. The van der Waals surface area contributed by atoms with Crippen molar-refractivity contribution in [3.05, 3.63) is 88.5 Å². The van der Waals surface area contributed by atoms with E-state index in [2.05, 4.69) is 30.1 Å². The fraction of sp³-hybridized carbons (Fsp3) is 0.400. The van der Waals surface area contributed by atoms with E-state index in [1.807, 2.05) is 73.0 Å². The van der Waals surface area contributed by atoms with E-state index in [0.717, 1.165) is 58.9 Å². The first-order valence-electron chi connectivity index (χ1n) is 15.1. The summed E-state index contributed by atoms with van der Waals surface area (Å²) < 4.78 is 6.76. The van der Waals surface area contributed by atoms with Crippen LogP contribution in [0.2, 0.25) is 5.02 Å². The highest BCUT2D eigenvalue weighted by Crippen LogP contribution is 2.38. The summed E-state index contributed by atoms with van der Waals surface area (Å²) in [6.07, 6.45) is 7.41. The number of rotatable bonds is 8. The van der Waals surface area contributed by atoms with E-state index in [1.54, 1.807) is 12.4 Å². The molecule has 0 atom stereocenters. The molecule has 0 aliphatic heterocycles. The van der Waals surface area contributed by atoms with E-state index in [4.69, 9.17) is 16.3 Å². The van der Waals surface area contributed by atoms with E-state index in [-0.39, 0.29) is 24.1 Å². The number of pyridine rings is 1.